The normalized spacial score (nSPS) is 11.2. The van der Waals surface area contributed by atoms with Crippen molar-refractivity contribution in [2.24, 2.45) is 5.73 Å². The van der Waals surface area contributed by atoms with Gasteiger partial charge >= 0.3 is 0 Å². The minimum absolute atomic E-state index is 0.0598. The zero-order valence-corrected chi connectivity index (χ0v) is 11.2. The van der Waals surface area contributed by atoms with Gasteiger partial charge in [0.05, 0.1) is 5.75 Å². The van der Waals surface area contributed by atoms with Crippen molar-refractivity contribution in [1.82, 2.24) is 0 Å². The van der Waals surface area contributed by atoms with Crippen molar-refractivity contribution in [2.45, 2.75) is 12.3 Å². The van der Waals surface area contributed by atoms with Crippen molar-refractivity contribution in [3.8, 4) is 0 Å². The van der Waals surface area contributed by atoms with Crippen molar-refractivity contribution < 1.29 is 8.42 Å². The number of anilines is 1. The third-order valence-corrected chi connectivity index (χ3v) is 3.89. The van der Waals surface area contributed by atoms with Gasteiger partial charge in [0, 0.05) is 12.2 Å². The average Bonchev–Trinajstić information content (AvgIpc) is 2.39. The number of nitrogens with one attached hydrogen (secondary N) is 1. The lowest BCUT2D eigenvalue weighted by atomic mass is 10.1. The highest BCUT2D eigenvalue weighted by molar-refractivity contribution is 7.91. The zero-order chi connectivity index (χ0) is 13.7. The first-order valence-electron chi connectivity index (χ1n) is 5.92. The quantitative estimate of drug-likeness (QED) is 0.878. The van der Waals surface area contributed by atoms with Crippen LogP contribution in [0.5, 0.6) is 0 Å². The third kappa shape index (κ3) is 4.08. The fraction of sp³-hybridized carbons (Fsp3) is 0.143. The van der Waals surface area contributed by atoms with Crippen molar-refractivity contribution >= 4 is 15.7 Å². The van der Waals surface area contributed by atoms with E-state index in [-0.39, 0.29) is 5.75 Å². The monoisotopic (exact) mass is 276 g/mol. The Morgan fingerprint density at radius 2 is 1.63 bits per heavy atom. The van der Waals surface area contributed by atoms with Gasteiger partial charge in [-0.1, -0.05) is 42.5 Å². The van der Waals surface area contributed by atoms with E-state index in [4.69, 9.17) is 5.73 Å². The number of para-hydroxylation sites is 1. The van der Waals surface area contributed by atoms with Gasteiger partial charge in [-0.25, -0.2) is 8.42 Å². The van der Waals surface area contributed by atoms with Gasteiger partial charge in [0.15, 0.2) is 0 Å². The van der Waals surface area contributed by atoms with Crippen molar-refractivity contribution in [1.29, 1.82) is 0 Å². The van der Waals surface area contributed by atoms with Gasteiger partial charge in [0.25, 0.3) is 0 Å². The highest BCUT2D eigenvalue weighted by Crippen LogP contribution is 2.13. The van der Waals surface area contributed by atoms with Gasteiger partial charge in [-0.2, -0.15) is 0 Å². The second-order valence-electron chi connectivity index (χ2n) is 4.25. The Labute approximate surface area is 113 Å². The number of benzene rings is 2. The molecule has 0 aliphatic rings. The Morgan fingerprint density at radius 1 is 0.947 bits per heavy atom. The van der Waals surface area contributed by atoms with Crippen molar-refractivity contribution in [3.05, 3.63) is 65.7 Å². The molecule has 0 aliphatic heterocycles. The first-order chi connectivity index (χ1) is 9.09. The highest BCUT2D eigenvalue weighted by atomic mass is 32.2. The van der Waals surface area contributed by atoms with Crippen LogP contribution in [0.2, 0.25) is 0 Å². The second-order valence-corrected chi connectivity index (χ2v) is 5.97. The predicted molar refractivity (Wildman–Crippen MR) is 77.0 cm³/mol. The molecular formula is C14H16N2O2S. The van der Waals surface area contributed by atoms with E-state index in [1.54, 1.807) is 30.3 Å². The first-order valence-corrected chi connectivity index (χ1v) is 7.58. The summed E-state index contributed by atoms with van der Waals surface area (Å²) < 4.78 is 26.6. The molecule has 0 unspecified atom stereocenters. The Hall–Kier alpha value is -1.85. The van der Waals surface area contributed by atoms with Gasteiger partial charge in [-0.15, -0.1) is 0 Å². The molecule has 0 atom stereocenters. The lowest BCUT2D eigenvalue weighted by molar-refractivity contribution is 0.600. The molecule has 19 heavy (non-hydrogen) atoms. The van der Waals surface area contributed by atoms with Gasteiger partial charge < -0.3 is 5.73 Å². The molecule has 0 aliphatic carbocycles. The van der Waals surface area contributed by atoms with E-state index in [0.717, 1.165) is 11.1 Å². The maximum atomic E-state index is 12.0. The van der Waals surface area contributed by atoms with Crippen LogP contribution in [0.4, 0.5) is 5.69 Å². The van der Waals surface area contributed by atoms with Crippen LogP contribution in [0.15, 0.2) is 54.6 Å². The molecule has 2 aromatic rings. The molecule has 0 aromatic heterocycles. The topological polar surface area (TPSA) is 72.2 Å². The smallest absolute Gasteiger partial charge is 0.236 e. The van der Waals surface area contributed by atoms with Crippen molar-refractivity contribution in [3.63, 3.8) is 0 Å². The molecular weight excluding hydrogens is 260 g/mol. The number of hydrogen-bond acceptors (Lipinski definition) is 3. The first kappa shape index (κ1) is 13.6. The molecule has 0 saturated heterocycles. The lowest BCUT2D eigenvalue weighted by Crippen LogP contribution is -2.15. The molecule has 4 nitrogen and oxygen atoms in total. The molecule has 0 fully saturated rings. The lowest BCUT2D eigenvalue weighted by Gasteiger charge is -2.08. The van der Waals surface area contributed by atoms with E-state index in [9.17, 15) is 8.42 Å². The number of hydrogen-bond donors (Lipinski definition) is 2. The van der Waals surface area contributed by atoms with E-state index in [0.29, 0.717) is 12.2 Å². The maximum absolute atomic E-state index is 12.0. The van der Waals surface area contributed by atoms with Gasteiger partial charge in [0.2, 0.25) is 10.0 Å². The maximum Gasteiger partial charge on any atom is 0.236 e. The molecule has 100 valence electrons. The summed E-state index contributed by atoms with van der Waals surface area (Å²) in [6.07, 6.45) is 0. The Morgan fingerprint density at radius 3 is 2.32 bits per heavy atom. The fourth-order valence-corrected chi connectivity index (χ4v) is 2.97. The molecule has 0 bridgehead atoms. The van der Waals surface area contributed by atoms with Crippen LogP contribution < -0.4 is 10.5 Å². The molecule has 0 heterocycles. The molecule has 2 rings (SSSR count). The summed E-state index contributed by atoms with van der Waals surface area (Å²) in [5.74, 6) is -0.0598. The molecule has 0 spiro atoms. The second kappa shape index (κ2) is 5.86. The van der Waals surface area contributed by atoms with E-state index >= 15 is 0 Å². The Bertz CT molecular complexity index is 640. The van der Waals surface area contributed by atoms with Crippen LogP contribution in [0.1, 0.15) is 11.1 Å². The summed E-state index contributed by atoms with van der Waals surface area (Å²) >= 11 is 0. The SMILES string of the molecule is NCc1cccc(CS(=O)(=O)Nc2ccccc2)c1. The molecule has 3 N–H and O–H groups in total. The fourth-order valence-electron chi connectivity index (χ4n) is 1.79. The summed E-state index contributed by atoms with van der Waals surface area (Å²) in [6, 6.07) is 16.1. The van der Waals surface area contributed by atoms with E-state index in [1.807, 2.05) is 24.3 Å². The molecule has 0 radical (unpaired) electrons. The van der Waals surface area contributed by atoms with Gasteiger partial charge in [0.1, 0.15) is 0 Å². The van der Waals surface area contributed by atoms with Gasteiger partial charge in [-0.3, -0.25) is 4.72 Å². The van der Waals surface area contributed by atoms with Crippen LogP contribution in [0.25, 0.3) is 0 Å². The summed E-state index contributed by atoms with van der Waals surface area (Å²) in [7, 11) is -3.40. The minimum atomic E-state index is -3.40. The van der Waals surface area contributed by atoms with Gasteiger partial charge in [-0.05, 0) is 23.3 Å². The Balaban J connectivity index is 2.12. The zero-order valence-electron chi connectivity index (χ0n) is 10.4. The largest absolute Gasteiger partial charge is 0.326 e. The minimum Gasteiger partial charge on any atom is -0.326 e. The van der Waals surface area contributed by atoms with E-state index < -0.39 is 10.0 Å². The summed E-state index contributed by atoms with van der Waals surface area (Å²) in [5.41, 5.74) is 7.76. The van der Waals surface area contributed by atoms with E-state index in [1.165, 1.54) is 0 Å². The molecule has 5 heteroatoms. The summed E-state index contributed by atoms with van der Waals surface area (Å²) in [5, 5.41) is 0. The summed E-state index contributed by atoms with van der Waals surface area (Å²) in [6.45, 7) is 0.403. The predicted octanol–water partition coefficient (Wildman–Crippen LogP) is 2.09. The van der Waals surface area contributed by atoms with Crippen LogP contribution in [0.3, 0.4) is 0 Å². The standard InChI is InChI=1S/C14H16N2O2S/c15-10-12-5-4-6-13(9-12)11-19(17,18)16-14-7-2-1-3-8-14/h1-9,16H,10-11,15H2. The van der Waals surface area contributed by atoms with E-state index in [2.05, 4.69) is 4.72 Å². The Kier molecular flexibility index (Phi) is 4.19. The van der Waals surface area contributed by atoms with Crippen LogP contribution in [-0.4, -0.2) is 8.42 Å². The van der Waals surface area contributed by atoms with Crippen LogP contribution in [-0.2, 0) is 22.3 Å². The summed E-state index contributed by atoms with van der Waals surface area (Å²) in [4.78, 5) is 0. The average molecular weight is 276 g/mol. The number of nitrogens with two attached hydrogens (primary N) is 1. The molecule has 2 aromatic carbocycles. The molecule has 0 amide bonds. The van der Waals surface area contributed by atoms with Crippen molar-refractivity contribution in [2.75, 3.05) is 4.72 Å². The van der Waals surface area contributed by atoms with Crippen LogP contribution >= 0.6 is 0 Å². The van der Waals surface area contributed by atoms with Crippen LogP contribution in [0, 0.1) is 0 Å². The third-order valence-electron chi connectivity index (χ3n) is 2.63. The highest BCUT2D eigenvalue weighted by Gasteiger charge is 2.11. The molecule has 0 saturated carbocycles. The number of rotatable bonds is 5. The number of sulfonamides is 1.